The van der Waals surface area contributed by atoms with Crippen LogP contribution in [0.3, 0.4) is 0 Å². The van der Waals surface area contributed by atoms with Crippen molar-refractivity contribution in [1.29, 1.82) is 0 Å². The number of hydrogen-bond acceptors (Lipinski definition) is 3. The van der Waals surface area contributed by atoms with E-state index < -0.39 is 0 Å². The zero-order valence-corrected chi connectivity index (χ0v) is 10.4. The van der Waals surface area contributed by atoms with Crippen molar-refractivity contribution in [3.05, 3.63) is 23.8 Å². The van der Waals surface area contributed by atoms with Crippen LogP contribution in [-0.4, -0.2) is 18.3 Å². The number of hydrogen-bond donors (Lipinski definition) is 2. The Labute approximate surface area is 97.4 Å². The molecule has 0 saturated heterocycles. The lowest BCUT2D eigenvalue weighted by molar-refractivity contribution is 0.402. The lowest BCUT2D eigenvalue weighted by Gasteiger charge is -2.18. The summed E-state index contributed by atoms with van der Waals surface area (Å²) in [6.45, 7) is 7.14. The highest BCUT2D eigenvalue weighted by Crippen LogP contribution is 2.22. The molecule has 0 heterocycles. The molecule has 0 aromatic heterocycles. The summed E-state index contributed by atoms with van der Waals surface area (Å²) in [7, 11) is 1.63. The molecule has 3 nitrogen and oxygen atoms in total. The van der Waals surface area contributed by atoms with E-state index in [1.54, 1.807) is 19.2 Å². The number of phenolic OH excluding ortho intramolecular Hbond substituents is 1. The van der Waals surface area contributed by atoms with Gasteiger partial charge in [0.05, 0.1) is 7.11 Å². The van der Waals surface area contributed by atoms with Crippen molar-refractivity contribution in [3.63, 3.8) is 0 Å². The highest BCUT2D eigenvalue weighted by Gasteiger charge is 2.08. The van der Waals surface area contributed by atoms with Crippen molar-refractivity contribution in [2.24, 2.45) is 5.92 Å². The molecule has 16 heavy (non-hydrogen) atoms. The number of nitrogens with one attached hydrogen (secondary N) is 1. The Morgan fingerprint density at radius 2 is 2.00 bits per heavy atom. The van der Waals surface area contributed by atoms with Gasteiger partial charge in [-0.25, -0.2) is 0 Å². The van der Waals surface area contributed by atoms with Gasteiger partial charge in [0.2, 0.25) is 0 Å². The Balaban J connectivity index is 2.65. The molecule has 3 heteroatoms. The van der Waals surface area contributed by atoms with Crippen molar-refractivity contribution in [3.8, 4) is 11.5 Å². The molecule has 1 aromatic rings. The Morgan fingerprint density at radius 3 is 2.56 bits per heavy atom. The molecular weight excluding hydrogens is 202 g/mol. The van der Waals surface area contributed by atoms with Gasteiger partial charge in [-0.2, -0.15) is 0 Å². The van der Waals surface area contributed by atoms with E-state index in [9.17, 15) is 5.11 Å². The van der Waals surface area contributed by atoms with E-state index in [0.717, 1.165) is 11.3 Å². The number of phenols is 1. The molecule has 0 bridgehead atoms. The van der Waals surface area contributed by atoms with Crippen molar-refractivity contribution < 1.29 is 9.84 Å². The molecule has 0 fully saturated rings. The Morgan fingerprint density at radius 1 is 1.31 bits per heavy atom. The van der Waals surface area contributed by atoms with Gasteiger partial charge in [0.25, 0.3) is 0 Å². The van der Waals surface area contributed by atoms with Crippen LogP contribution in [0.2, 0.25) is 0 Å². The number of rotatable bonds is 5. The molecule has 0 saturated carbocycles. The quantitative estimate of drug-likeness (QED) is 0.806. The molecule has 0 aliphatic carbocycles. The van der Waals surface area contributed by atoms with Crippen LogP contribution < -0.4 is 10.1 Å². The molecule has 0 radical (unpaired) electrons. The third-order valence-corrected chi connectivity index (χ3v) is 2.90. The highest BCUT2D eigenvalue weighted by molar-refractivity contribution is 5.39. The van der Waals surface area contributed by atoms with E-state index in [0.29, 0.717) is 24.3 Å². The highest BCUT2D eigenvalue weighted by atomic mass is 16.5. The predicted molar refractivity (Wildman–Crippen MR) is 65.8 cm³/mol. The monoisotopic (exact) mass is 223 g/mol. The first kappa shape index (κ1) is 12.8. The standard InChI is InChI=1S/C13H21NO2/c1-9(2)10(3)14-8-11-7-12(16-4)5-6-13(11)15/h5-7,9-10,14-15H,8H2,1-4H3. The first-order valence-electron chi connectivity index (χ1n) is 5.64. The summed E-state index contributed by atoms with van der Waals surface area (Å²) < 4.78 is 5.13. The van der Waals surface area contributed by atoms with Crippen molar-refractivity contribution in [2.45, 2.75) is 33.4 Å². The third kappa shape index (κ3) is 3.42. The SMILES string of the molecule is COc1ccc(O)c(CNC(C)C(C)C)c1. The Kier molecular flexibility index (Phi) is 4.62. The Bertz CT molecular complexity index is 337. The average Bonchev–Trinajstić information content (AvgIpc) is 2.27. The van der Waals surface area contributed by atoms with Gasteiger partial charge in [0.1, 0.15) is 11.5 Å². The molecule has 90 valence electrons. The summed E-state index contributed by atoms with van der Waals surface area (Å²) in [6, 6.07) is 5.70. The van der Waals surface area contributed by atoms with Crippen LogP contribution in [0.5, 0.6) is 11.5 Å². The molecule has 1 aromatic carbocycles. The van der Waals surface area contributed by atoms with Gasteiger partial charge in [-0.15, -0.1) is 0 Å². The molecule has 0 aliphatic heterocycles. The zero-order valence-electron chi connectivity index (χ0n) is 10.4. The molecule has 2 N–H and O–H groups in total. The second-order valence-corrected chi connectivity index (χ2v) is 4.41. The van der Waals surface area contributed by atoms with E-state index in [2.05, 4.69) is 26.1 Å². The molecule has 1 unspecified atom stereocenters. The fourth-order valence-corrected chi connectivity index (χ4v) is 1.34. The second kappa shape index (κ2) is 5.75. The van der Waals surface area contributed by atoms with Gasteiger partial charge in [-0.1, -0.05) is 13.8 Å². The minimum Gasteiger partial charge on any atom is -0.508 e. The average molecular weight is 223 g/mol. The second-order valence-electron chi connectivity index (χ2n) is 4.41. The molecule has 0 amide bonds. The van der Waals surface area contributed by atoms with Gasteiger partial charge in [-0.3, -0.25) is 0 Å². The normalized spacial score (nSPS) is 12.8. The largest absolute Gasteiger partial charge is 0.508 e. The van der Waals surface area contributed by atoms with Gasteiger partial charge in [0, 0.05) is 18.2 Å². The van der Waals surface area contributed by atoms with Gasteiger partial charge >= 0.3 is 0 Å². The molecule has 1 rings (SSSR count). The number of benzene rings is 1. The first-order valence-corrected chi connectivity index (χ1v) is 5.64. The van der Waals surface area contributed by atoms with Crippen molar-refractivity contribution >= 4 is 0 Å². The third-order valence-electron chi connectivity index (χ3n) is 2.90. The van der Waals surface area contributed by atoms with Gasteiger partial charge in [-0.05, 0) is 31.0 Å². The van der Waals surface area contributed by atoms with Crippen LogP contribution in [0, 0.1) is 5.92 Å². The maximum absolute atomic E-state index is 9.69. The lowest BCUT2D eigenvalue weighted by Crippen LogP contribution is -2.30. The summed E-state index contributed by atoms with van der Waals surface area (Å²) in [5, 5.41) is 13.1. The van der Waals surface area contributed by atoms with Crippen LogP contribution in [0.25, 0.3) is 0 Å². The van der Waals surface area contributed by atoms with Crippen LogP contribution in [-0.2, 0) is 6.54 Å². The van der Waals surface area contributed by atoms with Gasteiger partial charge < -0.3 is 15.2 Å². The van der Waals surface area contributed by atoms with E-state index in [1.807, 2.05) is 6.07 Å². The molecule has 1 atom stereocenters. The fourth-order valence-electron chi connectivity index (χ4n) is 1.34. The molecular formula is C13H21NO2. The summed E-state index contributed by atoms with van der Waals surface area (Å²) in [5.41, 5.74) is 0.867. The van der Waals surface area contributed by atoms with E-state index in [4.69, 9.17) is 4.74 Å². The summed E-state index contributed by atoms with van der Waals surface area (Å²) in [6.07, 6.45) is 0. The maximum Gasteiger partial charge on any atom is 0.120 e. The summed E-state index contributed by atoms with van der Waals surface area (Å²) in [5.74, 6) is 1.66. The van der Waals surface area contributed by atoms with Crippen LogP contribution in [0.1, 0.15) is 26.3 Å². The number of aromatic hydroxyl groups is 1. The van der Waals surface area contributed by atoms with E-state index >= 15 is 0 Å². The van der Waals surface area contributed by atoms with Crippen molar-refractivity contribution in [1.82, 2.24) is 5.32 Å². The zero-order chi connectivity index (χ0) is 12.1. The number of methoxy groups -OCH3 is 1. The minimum atomic E-state index is 0.309. The summed E-state index contributed by atoms with van der Waals surface area (Å²) in [4.78, 5) is 0. The first-order chi connectivity index (χ1) is 7.54. The van der Waals surface area contributed by atoms with E-state index in [1.165, 1.54) is 0 Å². The van der Waals surface area contributed by atoms with Crippen LogP contribution in [0.15, 0.2) is 18.2 Å². The van der Waals surface area contributed by atoms with E-state index in [-0.39, 0.29) is 0 Å². The minimum absolute atomic E-state index is 0.309. The maximum atomic E-state index is 9.69. The summed E-state index contributed by atoms with van der Waals surface area (Å²) >= 11 is 0. The Hall–Kier alpha value is -1.22. The lowest BCUT2D eigenvalue weighted by atomic mass is 10.1. The number of ether oxygens (including phenoxy) is 1. The molecule has 0 spiro atoms. The predicted octanol–water partition coefficient (Wildman–Crippen LogP) is 2.53. The van der Waals surface area contributed by atoms with Gasteiger partial charge in [0.15, 0.2) is 0 Å². The topological polar surface area (TPSA) is 41.5 Å². The molecule has 0 aliphatic rings. The van der Waals surface area contributed by atoms with Crippen LogP contribution in [0.4, 0.5) is 0 Å². The van der Waals surface area contributed by atoms with Crippen LogP contribution >= 0.6 is 0 Å². The van der Waals surface area contributed by atoms with Crippen molar-refractivity contribution in [2.75, 3.05) is 7.11 Å². The smallest absolute Gasteiger partial charge is 0.120 e. The fraction of sp³-hybridized carbons (Fsp3) is 0.538.